The van der Waals surface area contributed by atoms with Crippen LogP contribution in [-0.2, 0) is 16.1 Å². The maximum Gasteiger partial charge on any atom is 0.261 e. The summed E-state index contributed by atoms with van der Waals surface area (Å²) in [6.45, 7) is 4.92. The SMILES string of the molecule is CC(C)NC(=O)[C@@H](C)N(Cc1ccc(Cl)cc1Cl)C(=O)COc1ccccc1F. The van der Waals surface area contributed by atoms with Gasteiger partial charge in [0.05, 0.1) is 0 Å². The number of nitrogens with one attached hydrogen (secondary N) is 1. The normalized spacial score (nSPS) is 11.8. The number of hydrogen-bond acceptors (Lipinski definition) is 3. The van der Waals surface area contributed by atoms with Crippen LogP contribution in [-0.4, -0.2) is 35.4 Å². The van der Waals surface area contributed by atoms with Crippen LogP contribution in [0.3, 0.4) is 0 Å². The van der Waals surface area contributed by atoms with Crippen molar-refractivity contribution in [1.29, 1.82) is 0 Å². The average molecular weight is 441 g/mol. The predicted octanol–water partition coefficient (Wildman–Crippen LogP) is 4.45. The summed E-state index contributed by atoms with van der Waals surface area (Å²) in [5, 5.41) is 3.62. The second-order valence-electron chi connectivity index (χ2n) is 6.82. The molecule has 2 aromatic rings. The molecule has 2 aromatic carbocycles. The van der Waals surface area contributed by atoms with Gasteiger partial charge < -0.3 is 15.0 Å². The van der Waals surface area contributed by atoms with E-state index in [0.717, 1.165) is 0 Å². The molecule has 1 N–H and O–H groups in total. The molecule has 0 aliphatic carbocycles. The van der Waals surface area contributed by atoms with Crippen LogP contribution in [0.25, 0.3) is 0 Å². The Morgan fingerprint density at radius 2 is 1.83 bits per heavy atom. The quantitative estimate of drug-likeness (QED) is 0.659. The van der Waals surface area contributed by atoms with Crippen molar-refractivity contribution in [3.05, 3.63) is 63.9 Å². The lowest BCUT2D eigenvalue weighted by Crippen LogP contribution is -2.50. The Balaban J connectivity index is 2.21. The van der Waals surface area contributed by atoms with Crippen molar-refractivity contribution in [1.82, 2.24) is 10.2 Å². The summed E-state index contributed by atoms with van der Waals surface area (Å²) >= 11 is 12.2. The zero-order chi connectivity index (χ0) is 21.6. The van der Waals surface area contributed by atoms with E-state index in [9.17, 15) is 14.0 Å². The Labute approximate surface area is 179 Å². The molecule has 0 aromatic heterocycles. The molecule has 0 saturated carbocycles. The number of carbonyl (C=O) groups is 2. The molecule has 0 bridgehead atoms. The maximum absolute atomic E-state index is 13.8. The summed E-state index contributed by atoms with van der Waals surface area (Å²) in [7, 11) is 0. The molecule has 156 valence electrons. The Kier molecular flexibility index (Phi) is 8.29. The second-order valence-corrected chi connectivity index (χ2v) is 7.66. The van der Waals surface area contributed by atoms with Crippen molar-refractivity contribution >= 4 is 35.0 Å². The highest BCUT2D eigenvalue weighted by Crippen LogP contribution is 2.23. The highest BCUT2D eigenvalue weighted by atomic mass is 35.5. The summed E-state index contributed by atoms with van der Waals surface area (Å²) in [5.74, 6) is -1.40. The molecule has 0 unspecified atom stereocenters. The van der Waals surface area contributed by atoms with Gasteiger partial charge in [-0.25, -0.2) is 4.39 Å². The van der Waals surface area contributed by atoms with Crippen LogP contribution in [0, 0.1) is 5.82 Å². The average Bonchev–Trinajstić information content (AvgIpc) is 2.65. The third-order valence-corrected chi connectivity index (χ3v) is 4.73. The number of ether oxygens (including phenoxy) is 1. The molecule has 8 heteroatoms. The third-order valence-electron chi connectivity index (χ3n) is 4.14. The first-order chi connectivity index (χ1) is 13.7. The molecule has 2 amide bonds. The number of halogens is 3. The monoisotopic (exact) mass is 440 g/mol. The largest absolute Gasteiger partial charge is 0.481 e. The van der Waals surface area contributed by atoms with Crippen molar-refractivity contribution in [3.8, 4) is 5.75 Å². The Hall–Kier alpha value is -2.31. The van der Waals surface area contributed by atoms with Gasteiger partial charge in [-0.2, -0.15) is 0 Å². The van der Waals surface area contributed by atoms with E-state index >= 15 is 0 Å². The van der Waals surface area contributed by atoms with Gasteiger partial charge in [-0.05, 0) is 50.6 Å². The van der Waals surface area contributed by atoms with Gasteiger partial charge in [0.1, 0.15) is 6.04 Å². The van der Waals surface area contributed by atoms with Crippen LogP contribution in [0.1, 0.15) is 26.3 Å². The fourth-order valence-electron chi connectivity index (χ4n) is 2.61. The van der Waals surface area contributed by atoms with Crippen LogP contribution in [0.15, 0.2) is 42.5 Å². The lowest BCUT2D eigenvalue weighted by Gasteiger charge is -2.29. The van der Waals surface area contributed by atoms with E-state index in [1.807, 2.05) is 13.8 Å². The Morgan fingerprint density at radius 1 is 1.14 bits per heavy atom. The molecular weight excluding hydrogens is 418 g/mol. The summed E-state index contributed by atoms with van der Waals surface area (Å²) < 4.78 is 19.1. The summed E-state index contributed by atoms with van der Waals surface area (Å²) in [5.41, 5.74) is 0.625. The molecule has 0 aliphatic rings. The van der Waals surface area contributed by atoms with E-state index in [1.54, 1.807) is 31.2 Å². The number of para-hydroxylation sites is 1. The lowest BCUT2D eigenvalue weighted by atomic mass is 10.1. The first-order valence-electron chi connectivity index (χ1n) is 9.10. The lowest BCUT2D eigenvalue weighted by molar-refractivity contribution is -0.142. The van der Waals surface area contributed by atoms with Crippen LogP contribution in [0.2, 0.25) is 10.0 Å². The van der Waals surface area contributed by atoms with E-state index in [1.165, 1.54) is 23.1 Å². The van der Waals surface area contributed by atoms with Gasteiger partial charge >= 0.3 is 0 Å². The molecule has 0 radical (unpaired) electrons. The van der Waals surface area contributed by atoms with Crippen molar-refractivity contribution in [3.63, 3.8) is 0 Å². The minimum Gasteiger partial charge on any atom is -0.481 e. The van der Waals surface area contributed by atoms with Crippen LogP contribution >= 0.6 is 23.2 Å². The molecule has 0 fully saturated rings. The predicted molar refractivity (Wildman–Crippen MR) is 112 cm³/mol. The number of amides is 2. The zero-order valence-corrected chi connectivity index (χ0v) is 17.9. The molecule has 0 aliphatic heterocycles. The van der Waals surface area contributed by atoms with Crippen LogP contribution in [0.5, 0.6) is 5.75 Å². The maximum atomic E-state index is 13.8. The minimum absolute atomic E-state index is 0.0374. The zero-order valence-electron chi connectivity index (χ0n) is 16.4. The fraction of sp³-hybridized carbons (Fsp3) is 0.333. The number of rotatable bonds is 8. The summed E-state index contributed by atoms with van der Waals surface area (Å²) in [6, 6.07) is 9.83. The van der Waals surface area contributed by atoms with E-state index in [4.69, 9.17) is 27.9 Å². The Morgan fingerprint density at radius 3 is 2.45 bits per heavy atom. The molecule has 0 saturated heterocycles. The topological polar surface area (TPSA) is 58.6 Å². The van der Waals surface area contributed by atoms with Crippen molar-refractivity contribution < 1.29 is 18.7 Å². The summed E-state index contributed by atoms with van der Waals surface area (Å²) in [4.78, 5) is 26.7. The first-order valence-corrected chi connectivity index (χ1v) is 9.85. The van der Waals surface area contributed by atoms with Gasteiger partial charge in [-0.3, -0.25) is 9.59 Å². The van der Waals surface area contributed by atoms with E-state index in [-0.39, 0.29) is 24.2 Å². The molecule has 29 heavy (non-hydrogen) atoms. The smallest absolute Gasteiger partial charge is 0.261 e. The van der Waals surface area contributed by atoms with Crippen LogP contribution < -0.4 is 10.1 Å². The van der Waals surface area contributed by atoms with Crippen molar-refractivity contribution in [2.24, 2.45) is 0 Å². The summed E-state index contributed by atoms with van der Waals surface area (Å²) in [6.07, 6.45) is 0. The number of hydrogen-bond donors (Lipinski definition) is 1. The highest BCUT2D eigenvalue weighted by molar-refractivity contribution is 6.35. The van der Waals surface area contributed by atoms with Crippen molar-refractivity contribution in [2.75, 3.05) is 6.61 Å². The molecule has 5 nitrogen and oxygen atoms in total. The minimum atomic E-state index is -0.791. The highest BCUT2D eigenvalue weighted by Gasteiger charge is 2.27. The first kappa shape index (κ1) is 23.0. The second kappa shape index (κ2) is 10.5. The van der Waals surface area contributed by atoms with Gasteiger partial charge in [0.15, 0.2) is 18.2 Å². The van der Waals surface area contributed by atoms with Gasteiger partial charge in [-0.15, -0.1) is 0 Å². The molecule has 2 rings (SSSR count). The standard InChI is InChI=1S/C21H23Cl2FN2O3/c1-13(2)25-21(28)14(3)26(11-15-8-9-16(22)10-17(15)23)20(27)12-29-19-7-5-4-6-18(19)24/h4-10,13-14H,11-12H2,1-3H3,(H,25,28)/t14-/m1/s1. The number of carbonyl (C=O) groups excluding carboxylic acids is 2. The van der Waals surface area contributed by atoms with E-state index in [2.05, 4.69) is 5.32 Å². The molecule has 0 spiro atoms. The fourth-order valence-corrected chi connectivity index (χ4v) is 3.07. The third kappa shape index (κ3) is 6.61. The Bertz CT molecular complexity index is 877. The van der Waals surface area contributed by atoms with Crippen molar-refractivity contribution in [2.45, 2.75) is 39.4 Å². The molecule has 1 atom stereocenters. The number of benzene rings is 2. The van der Waals surface area contributed by atoms with Gasteiger partial charge in [0, 0.05) is 22.6 Å². The molecule has 0 heterocycles. The van der Waals surface area contributed by atoms with Gasteiger partial charge in [-0.1, -0.05) is 41.4 Å². The van der Waals surface area contributed by atoms with Gasteiger partial charge in [0.25, 0.3) is 5.91 Å². The van der Waals surface area contributed by atoms with Crippen LogP contribution in [0.4, 0.5) is 4.39 Å². The van der Waals surface area contributed by atoms with E-state index < -0.39 is 24.4 Å². The molecular formula is C21H23Cl2FN2O3. The number of nitrogens with zero attached hydrogens (tertiary/aromatic N) is 1. The van der Waals surface area contributed by atoms with E-state index in [0.29, 0.717) is 15.6 Å². The van der Waals surface area contributed by atoms with Gasteiger partial charge in [0.2, 0.25) is 5.91 Å².